The molecule has 1 aliphatic heterocycles. The van der Waals surface area contributed by atoms with E-state index in [1.165, 1.54) is 4.57 Å². The van der Waals surface area contributed by atoms with E-state index in [-0.39, 0.29) is 23.9 Å². The van der Waals surface area contributed by atoms with Crippen LogP contribution in [0.25, 0.3) is 17.4 Å². The molecule has 2 N–H and O–H groups in total. The molecule has 9 nitrogen and oxygen atoms in total. The number of ketones is 1. The lowest BCUT2D eigenvalue weighted by Crippen LogP contribution is -2.43. The summed E-state index contributed by atoms with van der Waals surface area (Å²) < 4.78 is 4.04. The summed E-state index contributed by atoms with van der Waals surface area (Å²) in [6.45, 7) is 3.06. The fourth-order valence-electron chi connectivity index (χ4n) is 4.09. The Balaban J connectivity index is 1.89. The highest BCUT2D eigenvalue weighted by atomic mass is 16.2. The molecule has 0 amide bonds. The van der Waals surface area contributed by atoms with Crippen LogP contribution in [0, 0.1) is 0 Å². The molecule has 1 aliphatic rings. The van der Waals surface area contributed by atoms with E-state index in [1.807, 2.05) is 13.0 Å². The summed E-state index contributed by atoms with van der Waals surface area (Å²) in [4.78, 5) is 45.9. The summed E-state index contributed by atoms with van der Waals surface area (Å²) >= 11 is 0. The van der Waals surface area contributed by atoms with Crippen LogP contribution < -0.4 is 21.9 Å². The molecule has 1 atom stereocenters. The number of benzene rings is 1. The number of hydrogen-bond acceptors (Lipinski definition) is 6. The number of aromatic nitrogens is 4. The Morgan fingerprint density at radius 1 is 1.25 bits per heavy atom. The second kappa shape index (κ2) is 8.96. The Hall–Kier alpha value is -3.46. The Labute approximate surface area is 185 Å². The maximum absolute atomic E-state index is 13.5. The molecule has 0 unspecified atom stereocenters. The number of aryl methyl sites for hydroxylation is 1. The third-order valence-corrected chi connectivity index (χ3v) is 5.79. The minimum absolute atomic E-state index is 0.0242. The van der Waals surface area contributed by atoms with Gasteiger partial charge in [-0.05, 0) is 19.3 Å². The van der Waals surface area contributed by atoms with Crippen molar-refractivity contribution < 1.29 is 4.79 Å². The van der Waals surface area contributed by atoms with Crippen LogP contribution in [-0.2, 0) is 13.6 Å². The Bertz CT molecular complexity index is 1290. The van der Waals surface area contributed by atoms with Crippen molar-refractivity contribution in [3.63, 3.8) is 0 Å². The molecule has 32 heavy (non-hydrogen) atoms. The summed E-state index contributed by atoms with van der Waals surface area (Å²) in [6.07, 6.45) is 6.37. The summed E-state index contributed by atoms with van der Waals surface area (Å²) in [5.41, 5.74) is 6.07. The molecule has 1 saturated heterocycles. The predicted octanol–water partition coefficient (Wildman–Crippen LogP) is 1.59. The van der Waals surface area contributed by atoms with E-state index >= 15 is 0 Å². The first-order valence-electron chi connectivity index (χ1n) is 10.9. The maximum Gasteiger partial charge on any atom is 0.332 e. The first-order chi connectivity index (χ1) is 15.4. The highest BCUT2D eigenvalue weighted by molar-refractivity contribution is 5.96. The zero-order chi connectivity index (χ0) is 22.8. The van der Waals surface area contributed by atoms with Crippen molar-refractivity contribution in [2.24, 2.45) is 12.8 Å². The number of nitrogens with two attached hydrogens (primary N) is 1. The number of rotatable bonds is 6. The van der Waals surface area contributed by atoms with Crippen LogP contribution in [-0.4, -0.2) is 43.6 Å². The molecule has 0 saturated carbocycles. The van der Waals surface area contributed by atoms with Gasteiger partial charge in [0.05, 0.1) is 6.54 Å². The molecule has 0 radical (unpaired) electrons. The highest BCUT2D eigenvalue weighted by Gasteiger charge is 2.26. The van der Waals surface area contributed by atoms with Gasteiger partial charge in [-0.3, -0.25) is 23.3 Å². The fraction of sp³-hybridized carbons (Fsp3) is 0.391. The molecular weight excluding hydrogens is 408 g/mol. The number of carbonyl (C=O) groups is 1. The molecule has 3 aromatic rings. The number of Topliss-reactive ketones (excluding diaryl/α,β-unsaturated/α-hetero) is 1. The largest absolute Gasteiger partial charge is 0.340 e. The lowest BCUT2D eigenvalue weighted by atomic mass is 10.1. The van der Waals surface area contributed by atoms with Crippen LogP contribution in [0.4, 0.5) is 5.95 Å². The zero-order valence-corrected chi connectivity index (χ0v) is 18.4. The van der Waals surface area contributed by atoms with Crippen molar-refractivity contribution in [2.45, 2.75) is 38.8 Å². The van der Waals surface area contributed by atoms with Gasteiger partial charge in [-0.2, -0.15) is 4.98 Å². The number of nitrogens with zero attached hydrogens (tertiary/aromatic N) is 5. The standard InChI is InChI=1S/C23H28N6O3/c1-3-4-13-28-19-20(25-22(28)27-12-8-11-17(24)14-27)26(2)23(32)29(21(19)31)15-18(30)16-9-6-5-7-10-16/h4-7,9-10,13,17H,3,8,11-12,14-15,24H2,1-2H3/b13-4+/t17-/m1/s1. The number of carbonyl (C=O) groups excluding carboxylic acids is 1. The van der Waals surface area contributed by atoms with Crippen LogP contribution in [0.5, 0.6) is 0 Å². The number of anilines is 1. The summed E-state index contributed by atoms with van der Waals surface area (Å²) in [5.74, 6) is 0.278. The van der Waals surface area contributed by atoms with Crippen LogP contribution in [0.3, 0.4) is 0 Å². The van der Waals surface area contributed by atoms with Gasteiger partial charge < -0.3 is 10.6 Å². The Morgan fingerprint density at radius 2 is 2.00 bits per heavy atom. The van der Waals surface area contributed by atoms with Crippen molar-refractivity contribution >= 4 is 29.1 Å². The topological polar surface area (TPSA) is 108 Å². The molecule has 168 valence electrons. The van der Waals surface area contributed by atoms with Crippen LogP contribution in [0.2, 0.25) is 0 Å². The van der Waals surface area contributed by atoms with Gasteiger partial charge in [-0.15, -0.1) is 0 Å². The van der Waals surface area contributed by atoms with Gasteiger partial charge >= 0.3 is 5.69 Å². The number of imidazole rings is 1. The molecule has 9 heteroatoms. The van der Waals surface area contributed by atoms with Gasteiger partial charge in [0.1, 0.15) is 0 Å². The average molecular weight is 437 g/mol. The van der Waals surface area contributed by atoms with E-state index < -0.39 is 11.2 Å². The van der Waals surface area contributed by atoms with Crippen molar-refractivity contribution in [3.8, 4) is 0 Å². The van der Waals surface area contributed by atoms with E-state index in [9.17, 15) is 14.4 Å². The van der Waals surface area contributed by atoms with Gasteiger partial charge in [0.2, 0.25) is 5.95 Å². The third-order valence-electron chi connectivity index (χ3n) is 5.79. The van der Waals surface area contributed by atoms with Gasteiger partial charge in [0.25, 0.3) is 5.56 Å². The zero-order valence-electron chi connectivity index (χ0n) is 18.4. The van der Waals surface area contributed by atoms with Gasteiger partial charge in [0, 0.05) is 37.9 Å². The minimum atomic E-state index is -0.571. The third kappa shape index (κ3) is 3.91. The lowest BCUT2D eigenvalue weighted by Gasteiger charge is -2.31. The fourth-order valence-corrected chi connectivity index (χ4v) is 4.09. The lowest BCUT2D eigenvalue weighted by molar-refractivity contribution is 0.0969. The highest BCUT2D eigenvalue weighted by Crippen LogP contribution is 2.23. The monoisotopic (exact) mass is 436 g/mol. The first kappa shape index (κ1) is 21.8. The van der Waals surface area contributed by atoms with Crippen LogP contribution in [0.15, 0.2) is 46.0 Å². The van der Waals surface area contributed by atoms with Gasteiger partial charge in [-0.25, -0.2) is 4.79 Å². The maximum atomic E-state index is 13.5. The number of allylic oxidation sites excluding steroid dienone is 1. The van der Waals surface area contributed by atoms with Crippen molar-refractivity contribution in [3.05, 3.63) is 62.8 Å². The molecule has 2 aromatic heterocycles. The number of piperidine rings is 1. The number of fused-ring (bicyclic) bond motifs is 1. The molecule has 1 fully saturated rings. The Kier molecular flexibility index (Phi) is 6.09. The molecule has 3 heterocycles. The van der Waals surface area contributed by atoms with E-state index in [0.717, 1.165) is 30.4 Å². The van der Waals surface area contributed by atoms with Crippen molar-refractivity contribution in [1.82, 2.24) is 18.7 Å². The van der Waals surface area contributed by atoms with E-state index in [4.69, 9.17) is 5.73 Å². The second-order valence-corrected chi connectivity index (χ2v) is 8.12. The second-order valence-electron chi connectivity index (χ2n) is 8.12. The molecule has 0 spiro atoms. The molecule has 0 bridgehead atoms. The van der Waals surface area contributed by atoms with Crippen LogP contribution in [0.1, 0.15) is 36.5 Å². The summed E-state index contributed by atoms with van der Waals surface area (Å²) in [7, 11) is 1.57. The van der Waals surface area contributed by atoms with E-state index in [0.29, 0.717) is 23.7 Å². The SMILES string of the molecule is CC/C=C/n1c(N2CCC[C@@H](N)C2)nc2c1c(=O)n(CC(=O)c1ccccc1)c(=O)n2C. The summed E-state index contributed by atoms with van der Waals surface area (Å²) in [5, 5.41) is 0. The molecule has 0 aliphatic carbocycles. The summed E-state index contributed by atoms with van der Waals surface area (Å²) in [6, 6.07) is 8.66. The first-order valence-corrected chi connectivity index (χ1v) is 10.9. The quantitative estimate of drug-likeness (QED) is 0.588. The normalized spacial score (nSPS) is 16.8. The van der Waals surface area contributed by atoms with Crippen molar-refractivity contribution in [2.75, 3.05) is 18.0 Å². The molecule has 1 aromatic carbocycles. The van der Waals surface area contributed by atoms with Gasteiger partial charge in [-0.1, -0.05) is 43.3 Å². The minimum Gasteiger partial charge on any atom is -0.340 e. The average Bonchev–Trinajstić information content (AvgIpc) is 3.19. The van der Waals surface area contributed by atoms with E-state index in [2.05, 4.69) is 9.88 Å². The van der Waals surface area contributed by atoms with Crippen LogP contribution >= 0.6 is 0 Å². The number of hydrogen-bond donors (Lipinski definition) is 1. The van der Waals surface area contributed by atoms with E-state index in [1.54, 1.807) is 48.1 Å². The molecular formula is C23H28N6O3. The Morgan fingerprint density at radius 3 is 2.69 bits per heavy atom. The molecule has 4 rings (SSSR count). The van der Waals surface area contributed by atoms with Crippen molar-refractivity contribution in [1.29, 1.82) is 0 Å². The smallest absolute Gasteiger partial charge is 0.332 e. The van der Waals surface area contributed by atoms with Gasteiger partial charge in [0.15, 0.2) is 16.9 Å². The predicted molar refractivity (Wildman–Crippen MR) is 125 cm³/mol.